The summed E-state index contributed by atoms with van der Waals surface area (Å²) in [5.74, 6) is 0.157. The van der Waals surface area contributed by atoms with Gasteiger partial charge in [-0.2, -0.15) is 0 Å². The summed E-state index contributed by atoms with van der Waals surface area (Å²) in [7, 11) is 0. The van der Waals surface area contributed by atoms with Crippen molar-refractivity contribution in [3.8, 4) is 0 Å². The van der Waals surface area contributed by atoms with E-state index in [-0.39, 0.29) is 0 Å². The molecule has 0 aromatic heterocycles. The first-order valence-corrected chi connectivity index (χ1v) is 4.83. The molecule has 1 rings (SSSR count). The molecule has 0 bridgehead atoms. The molecule has 0 saturated heterocycles. The van der Waals surface area contributed by atoms with Crippen molar-refractivity contribution in [2.75, 3.05) is 5.75 Å². The van der Waals surface area contributed by atoms with Crippen LogP contribution in [0.4, 0.5) is 0 Å². The third-order valence-corrected chi connectivity index (χ3v) is 2.59. The van der Waals surface area contributed by atoms with Crippen molar-refractivity contribution in [3.05, 3.63) is 23.1 Å². The fraction of sp³-hybridized carbons (Fsp3) is 0.333. The van der Waals surface area contributed by atoms with Crippen LogP contribution in [-0.4, -0.2) is 17.3 Å². The van der Waals surface area contributed by atoms with Crippen LogP contribution in [-0.2, 0) is 9.59 Å². The maximum Gasteiger partial charge on any atom is 0.226 e. The molecule has 64 valence electrons. The zero-order valence-corrected chi connectivity index (χ0v) is 7.69. The molecule has 0 heterocycles. The highest BCUT2D eigenvalue weighted by molar-refractivity contribution is 8.03. The molecule has 0 aliphatic heterocycles. The minimum absolute atomic E-state index is 0.406. The van der Waals surface area contributed by atoms with Crippen molar-refractivity contribution < 1.29 is 9.59 Å². The van der Waals surface area contributed by atoms with Crippen molar-refractivity contribution >= 4 is 23.3 Å². The quantitative estimate of drug-likeness (QED) is 0.492. The molecular formula is C9H10O2S. The van der Waals surface area contributed by atoms with Crippen LogP contribution in [0.2, 0.25) is 0 Å². The smallest absolute Gasteiger partial charge is 0.226 e. The number of hydrogen-bond donors (Lipinski definition) is 0. The van der Waals surface area contributed by atoms with Crippen LogP contribution in [0.25, 0.3) is 0 Å². The summed E-state index contributed by atoms with van der Waals surface area (Å²) in [4.78, 5) is 22.5. The summed E-state index contributed by atoms with van der Waals surface area (Å²) >= 11 is 1.60. The maximum absolute atomic E-state index is 10.9. The molecule has 2 nitrogen and oxygen atoms in total. The Kier molecular flexibility index (Phi) is 3.29. The van der Waals surface area contributed by atoms with E-state index in [2.05, 4.69) is 6.92 Å². The van der Waals surface area contributed by atoms with Crippen LogP contribution in [0, 0.1) is 0 Å². The van der Waals surface area contributed by atoms with E-state index in [0.29, 0.717) is 0 Å². The molecule has 0 atom stereocenters. The van der Waals surface area contributed by atoms with E-state index in [1.807, 2.05) is 0 Å². The summed E-state index contributed by atoms with van der Waals surface area (Å²) in [6, 6.07) is 0. The lowest BCUT2D eigenvalue weighted by molar-refractivity contribution is -0.131. The fourth-order valence-corrected chi connectivity index (χ4v) is 1.59. The number of rotatable bonds is 3. The van der Waals surface area contributed by atoms with E-state index < -0.39 is 11.6 Å². The highest BCUT2D eigenvalue weighted by Gasteiger charge is 2.12. The normalized spacial score (nSPS) is 16.6. The lowest BCUT2D eigenvalue weighted by Crippen LogP contribution is -2.10. The maximum atomic E-state index is 10.9. The Morgan fingerprint density at radius 3 is 2.58 bits per heavy atom. The van der Waals surface area contributed by atoms with Crippen LogP contribution >= 0.6 is 11.8 Å². The zero-order valence-electron chi connectivity index (χ0n) is 6.87. The minimum atomic E-state index is -0.421. The third kappa shape index (κ3) is 2.34. The summed E-state index contributed by atoms with van der Waals surface area (Å²) < 4.78 is 0. The van der Waals surface area contributed by atoms with Gasteiger partial charge in [0, 0.05) is 11.0 Å². The van der Waals surface area contributed by atoms with Gasteiger partial charge in [0.05, 0.1) is 0 Å². The zero-order chi connectivity index (χ0) is 8.97. The number of thioether (sulfide) groups is 1. The Labute approximate surface area is 75.7 Å². The standard InChI is InChI=1S/C9H10O2S/c1-2-5-12-7-3-4-8(10)9(11)6-7/h3-4,6H,2,5H2,1H3. The Hall–Kier alpha value is -0.830. The number of allylic oxidation sites excluding steroid dienone is 3. The summed E-state index contributed by atoms with van der Waals surface area (Å²) in [6.07, 6.45) is 5.50. The first-order valence-electron chi connectivity index (χ1n) is 3.85. The average molecular weight is 182 g/mol. The summed E-state index contributed by atoms with van der Waals surface area (Å²) in [5, 5.41) is 0. The Bertz CT molecular complexity index is 264. The Morgan fingerprint density at radius 2 is 2.00 bits per heavy atom. The van der Waals surface area contributed by atoms with Gasteiger partial charge in [0.25, 0.3) is 0 Å². The monoisotopic (exact) mass is 182 g/mol. The predicted molar refractivity (Wildman–Crippen MR) is 50.0 cm³/mol. The van der Waals surface area contributed by atoms with E-state index in [1.165, 1.54) is 12.2 Å². The first kappa shape index (κ1) is 9.26. The SMILES string of the molecule is CCCSC1=CC(=O)C(=O)C=C1. The molecule has 1 aliphatic rings. The number of carbonyl (C=O) groups excluding carboxylic acids is 2. The molecule has 3 heteroatoms. The second kappa shape index (κ2) is 4.26. The van der Waals surface area contributed by atoms with Crippen molar-refractivity contribution in [1.82, 2.24) is 0 Å². The van der Waals surface area contributed by atoms with Gasteiger partial charge in [-0.15, -0.1) is 11.8 Å². The Morgan fingerprint density at radius 1 is 1.25 bits per heavy atom. The largest absolute Gasteiger partial charge is 0.286 e. The van der Waals surface area contributed by atoms with E-state index in [0.717, 1.165) is 17.1 Å². The van der Waals surface area contributed by atoms with Gasteiger partial charge >= 0.3 is 0 Å². The Balaban J connectivity index is 2.57. The summed E-state index contributed by atoms with van der Waals surface area (Å²) in [5.41, 5.74) is 0. The lowest BCUT2D eigenvalue weighted by atomic mass is 10.1. The van der Waals surface area contributed by atoms with Gasteiger partial charge in [0.2, 0.25) is 11.6 Å². The van der Waals surface area contributed by atoms with E-state index in [4.69, 9.17) is 0 Å². The molecule has 0 radical (unpaired) electrons. The van der Waals surface area contributed by atoms with Gasteiger partial charge in [-0.25, -0.2) is 0 Å². The molecule has 0 fully saturated rings. The molecule has 12 heavy (non-hydrogen) atoms. The predicted octanol–water partition coefficient (Wildman–Crippen LogP) is 1.72. The van der Waals surface area contributed by atoms with Crippen LogP contribution in [0.1, 0.15) is 13.3 Å². The minimum Gasteiger partial charge on any atom is -0.286 e. The van der Waals surface area contributed by atoms with Crippen molar-refractivity contribution in [2.45, 2.75) is 13.3 Å². The van der Waals surface area contributed by atoms with Crippen LogP contribution < -0.4 is 0 Å². The molecule has 1 aliphatic carbocycles. The van der Waals surface area contributed by atoms with Crippen LogP contribution in [0.3, 0.4) is 0 Å². The molecular weight excluding hydrogens is 172 g/mol. The van der Waals surface area contributed by atoms with E-state index in [9.17, 15) is 9.59 Å². The van der Waals surface area contributed by atoms with E-state index in [1.54, 1.807) is 17.8 Å². The molecule has 0 saturated carbocycles. The second-order valence-corrected chi connectivity index (χ2v) is 3.63. The van der Waals surface area contributed by atoms with Gasteiger partial charge in [0.15, 0.2) is 0 Å². The lowest BCUT2D eigenvalue weighted by Gasteiger charge is -2.03. The molecule has 0 N–H and O–H groups in total. The second-order valence-electron chi connectivity index (χ2n) is 2.46. The van der Waals surface area contributed by atoms with Crippen molar-refractivity contribution in [1.29, 1.82) is 0 Å². The van der Waals surface area contributed by atoms with Gasteiger partial charge in [0.1, 0.15) is 0 Å². The van der Waals surface area contributed by atoms with Crippen molar-refractivity contribution in [3.63, 3.8) is 0 Å². The molecule has 0 aromatic carbocycles. The molecule has 0 unspecified atom stereocenters. The summed E-state index contributed by atoms with van der Waals surface area (Å²) in [6.45, 7) is 2.08. The first-order chi connectivity index (χ1) is 5.74. The molecule has 0 aromatic rings. The van der Waals surface area contributed by atoms with Crippen LogP contribution in [0.15, 0.2) is 23.1 Å². The molecule has 0 spiro atoms. The number of hydrogen-bond acceptors (Lipinski definition) is 3. The topological polar surface area (TPSA) is 34.1 Å². The number of ketones is 2. The highest BCUT2D eigenvalue weighted by Crippen LogP contribution is 2.20. The number of carbonyl (C=O) groups is 2. The van der Waals surface area contributed by atoms with Gasteiger partial charge in [-0.1, -0.05) is 6.92 Å². The van der Waals surface area contributed by atoms with Gasteiger partial charge < -0.3 is 0 Å². The third-order valence-electron chi connectivity index (χ3n) is 1.39. The average Bonchev–Trinajstić information content (AvgIpc) is 2.07. The fourth-order valence-electron chi connectivity index (χ4n) is 0.798. The van der Waals surface area contributed by atoms with Gasteiger partial charge in [-0.3, -0.25) is 9.59 Å². The van der Waals surface area contributed by atoms with Crippen molar-refractivity contribution in [2.24, 2.45) is 0 Å². The van der Waals surface area contributed by atoms with Gasteiger partial charge in [-0.05, 0) is 24.3 Å². The highest BCUT2D eigenvalue weighted by atomic mass is 32.2. The molecule has 0 amide bonds. The van der Waals surface area contributed by atoms with E-state index >= 15 is 0 Å². The van der Waals surface area contributed by atoms with Crippen LogP contribution in [0.5, 0.6) is 0 Å².